The highest BCUT2D eigenvalue weighted by molar-refractivity contribution is 5.96. The van der Waals surface area contributed by atoms with Crippen LogP contribution in [0.2, 0.25) is 0 Å². The second-order valence-corrected chi connectivity index (χ2v) is 4.11. The molecule has 0 aliphatic heterocycles. The fraction of sp³-hybridized carbons (Fsp3) is 0.308. The molecule has 9 nitrogen and oxygen atoms in total. The van der Waals surface area contributed by atoms with Crippen LogP contribution in [0.25, 0.3) is 0 Å². The topological polar surface area (TPSA) is 128 Å². The molecule has 1 rings (SSSR count). The number of amides is 2. The van der Waals surface area contributed by atoms with E-state index in [1.54, 1.807) is 6.92 Å². The molecule has 118 valence electrons. The van der Waals surface area contributed by atoms with Crippen molar-refractivity contribution >= 4 is 23.5 Å². The molecule has 1 aromatic carbocycles. The summed E-state index contributed by atoms with van der Waals surface area (Å²) in [5.74, 6) is -1.79. The van der Waals surface area contributed by atoms with E-state index in [1.165, 1.54) is 18.2 Å². The Morgan fingerprint density at radius 1 is 1.23 bits per heavy atom. The van der Waals surface area contributed by atoms with Gasteiger partial charge in [-0.15, -0.1) is 0 Å². The molecule has 0 spiro atoms. The molecule has 0 atom stereocenters. The highest BCUT2D eigenvalue weighted by Crippen LogP contribution is 2.12. The number of nitro groups is 1. The molecule has 0 aliphatic carbocycles. The van der Waals surface area contributed by atoms with Crippen molar-refractivity contribution in [3.05, 3.63) is 39.9 Å². The molecule has 9 heteroatoms. The standard InChI is InChI=1S/C13H15N3O6/c1-2-22-12(18)7-6-11(17)14-15-13(19)9-4-3-5-10(8-9)16(20)21/h3-5,8H,2,6-7H2,1H3,(H,14,17)(H,15,19). The van der Waals surface area contributed by atoms with Gasteiger partial charge in [-0.1, -0.05) is 6.07 Å². The Kier molecular flexibility index (Phi) is 6.48. The number of hydrogen-bond donors (Lipinski definition) is 2. The van der Waals surface area contributed by atoms with Crippen LogP contribution in [0.5, 0.6) is 0 Å². The van der Waals surface area contributed by atoms with E-state index in [0.29, 0.717) is 0 Å². The van der Waals surface area contributed by atoms with Crippen LogP contribution in [0.3, 0.4) is 0 Å². The predicted molar refractivity (Wildman–Crippen MR) is 74.6 cm³/mol. The molecule has 0 aliphatic rings. The number of rotatable bonds is 6. The summed E-state index contributed by atoms with van der Waals surface area (Å²) in [6, 6.07) is 5.05. The molecular formula is C13H15N3O6. The minimum Gasteiger partial charge on any atom is -0.466 e. The molecule has 0 radical (unpaired) electrons. The smallest absolute Gasteiger partial charge is 0.306 e. The maximum atomic E-state index is 11.7. The quantitative estimate of drug-likeness (QED) is 0.452. The largest absolute Gasteiger partial charge is 0.466 e. The van der Waals surface area contributed by atoms with E-state index < -0.39 is 22.7 Å². The Balaban J connectivity index is 2.45. The maximum Gasteiger partial charge on any atom is 0.306 e. The molecule has 0 saturated heterocycles. The van der Waals surface area contributed by atoms with Gasteiger partial charge in [-0.05, 0) is 13.0 Å². The van der Waals surface area contributed by atoms with Crippen molar-refractivity contribution < 1.29 is 24.0 Å². The van der Waals surface area contributed by atoms with Gasteiger partial charge in [0.05, 0.1) is 18.0 Å². The predicted octanol–water partition coefficient (Wildman–Crippen LogP) is 0.699. The maximum absolute atomic E-state index is 11.7. The van der Waals surface area contributed by atoms with E-state index >= 15 is 0 Å². The number of ether oxygens (including phenoxy) is 1. The lowest BCUT2D eigenvalue weighted by Gasteiger charge is -2.07. The minimum atomic E-state index is -0.701. The van der Waals surface area contributed by atoms with E-state index in [4.69, 9.17) is 0 Å². The Hall–Kier alpha value is -2.97. The first-order valence-corrected chi connectivity index (χ1v) is 6.43. The normalized spacial score (nSPS) is 9.68. The molecule has 0 fully saturated rings. The number of non-ortho nitro benzene ring substituents is 1. The van der Waals surface area contributed by atoms with Crippen LogP contribution in [0, 0.1) is 10.1 Å². The zero-order valence-electron chi connectivity index (χ0n) is 11.8. The summed E-state index contributed by atoms with van der Waals surface area (Å²) in [5.41, 5.74) is 4.01. The van der Waals surface area contributed by atoms with Crippen LogP contribution in [-0.2, 0) is 14.3 Å². The molecule has 1 aromatic rings. The van der Waals surface area contributed by atoms with Gasteiger partial charge < -0.3 is 4.74 Å². The number of hydrogen-bond acceptors (Lipinski definition) is 6. The van der Waals surface area contributed by atoms with Crippen LogP contribution < -0.4 is 10.9 Å². The number of nitrogens with one attached hydrogen (secondary N) is 2. The van der Waals surface area contributed by atoms with Crippen LogP contribution >= 0.6 is 0 Å². The van der Waals surface area contributed by atoms with Crippen LogP contribution in [-0.4, -0.2) is 29.3 Å². The number of nitro benzene ring substituents is 1. The van der Waals surface area contributed by atoms with Gasteiger partial charge in [-0.2, -0.15) is 0 Å². The van der Waals surface area contributed by atoms with E-state index in [0.717, 1.165) is 6.07 Å². The molecule has 0 aromatic heterocycles. The van der Waals surface area contributed by atoms with Crippen molar-refractivity contribution in [2.75, 3.05) is 6.61 Å². The number of esters is 1. The Morgan fingerprint density at radius 3 is 2.59 bits per heavy atom. The number of benzene rings is 1. The third kappa shape index (κ3) is 5.57. The number of carbonyl (C=O) groups excluding carboxylic acids is 3. The lowest BCUT2D eigenvalue weighted by Crippen LogP contribution is -2.41. The van der Waals surface area contributed by atoms with Gasteiger partial charge in [0.1, 0.15) is 0 Å². The first-order chi connectivity index (χ1) is 10.4. The van der Waals surface area contributed by atoms with Gasteiger partial charge in [0.25, 0.3) is 11.6 Å². The Labute approximate surface area is 125 Å². The highest BCUT2D eigenvalue weighted by atomic mass is 16.6. The van der Waals surface area contributed by atoms with Gasteiger partial charge in [-0.25, -0.2) is 0 Å². The van der Waals surface area contributed by atoms with Crippen LogP contribution in [0.1, 0.15) is 30.1 Å². The summed E-state index contributed by atoms with van der Waals surface area (Å²) in [6.45, 7) is 1.88. The monoisotopic (exact) mass is 309 g/mol. The molecule has 2 amide bonds. The fourth-order valence-corrected chi connectivity index (χ4v) is 1.47. The summed E-state index contributed by atoms with van der Waals surface area (Å²) < 4.78 is 4.65. The molecule has 22 heavy (non-hydrogen) atoms. The van der Waals surface area contributed by atoms with Crippen molar-refractivity contribution in [2.45, 2.75) is 19.8 Å². The first-order valence-electron chi connectivity index (χ1n) is 6.43. The average molecular weight is 309 g/mol. The minimum absolute atomic E-state index is 0.0277. The van der Waals surface area contributed by atoms with Crippen molar-refractivity contribution in [1.82, 2.24) is 10.9 Å². The Bertz CT molecular complexity index is 587. The van der Waals surface area contributed by atoms with E-state index in [1.807, 2.05) is 0 Å². The molecular weight excluding hydrogens is 294 g/mol. The van der Waals surface area contributed by atoms with Crippen LogP contribution in [0.4, 0.5) is 5.69 Å². The molecule has 0 heterocycles. The average Bonchev–Trinajstić information content (AvgIpc) is 2.51. The van der Waals surface area contributed by atoms with Gasteiger partial charge in [0.2, 0.25) is 5.91 Å². The third-order valence-corrected chi connectivity index (χ3v) is 2.50. The van der Waals surface area contributed by atoms with Gasteiger partial charge >= 0.3 is 5.97 Å². The van der Waals surface area contributed by atoms with Crippen molar-refractivity contribution in [3.63, 3.8) is 0 Å². The SMILES string of the molecule is CCOC(=O)CCC(=O)NNC(=O)c1cccc([N+](=O)[O-])c1. The molecule has 0 unspecified atom stereocenters. The summed E-state index contributed by atoms with van der Waals surface area (Å²) >= 11 is 0. The molecule has 0 saturated carbocycles. The zero-order chi connectivity index (χ0) is 16.5. The van der Waals surface area contributed by atoms with Crippen LogP contribution in [0.15, 0.2) is 24.3 Å². The molecule has 2 N–H and O–H groups in total. The Morgan fingerprint density at radius 2 is 1.95 bits per heavy atom. The number of nitrogens with zero attached hydrogens (tertiary/aromatic N) is 1. The van der Waals surface area contributed by atoms with Gasteiger partial charge in [-0.3, -0.25) is 35.3 Å². The van der Waals surface area contributed by atoms with E-state index in [2.05, 4.69) is 15.6 Å². The van der Waals surface area contributed by atoms with Crippen molar-refractivity contribution in [2.24, 2.45) is 0 Å². The van der Waals surface area contributed by atoms with Gasteiger partial charge in [0, 0.05) is 24.1 Å². The van der Waals surface area contributed by atoms with E-state index in [9.17, 15) is 24.5 Å². The molecule has 0 bridgehead atoms. The summed E-state index contributed by atoms with van der Waals surface area (Å²) in [7, 11) is 0. The lowest BCUT2D eigenvalue weighted by molar-refractivity contribution is -0.384. The number of carbonyl (C=O) groups is 3. The summed E-state index contributed by atoms with van der Waals surface area (Å²) in [4.78, 5) is 44.2. The van der Waals surface area contributed by atoms with E-state index in [-0.39, 0.29) is 30.7 Å². The summed E-state index contributed by atoms with van der Waals surface area (Å²) in [6.07, 6.45) is -0.250. The first kappa shape index (κ1) is 17.1. The highest BCUT2D eigenvalue weighted by Gasteiger charge is 2.13. The zero-order valence-corrected chi connectivity index (χ0v) is 11.8. The van der Waals surface area contributed by atoms with Crippen molar-refractivity contribution in [3.8, 4) is 0 Å². The third-order valence-electron chi connectivity index (χ3n) is 2.50. The van der Waals surface area contributed by atoms with Gasteiger partial charge in [0.15, 0.2) is 0 Å². The fourth-order valence-electron chi connectivity index (χ4n) is 1.47. The lowest BCUT2D eigenvalue weighted by atomic mass is 10.2. The second kappa shape index (κ2) is 8.35. The second-order valence-electron chi connectivity index (χ2n) is 4.11. The number of hydrazine groups is 1. The summed E-state index contributed by atoms with van der Waals surface area (Å²) in [5, 5.41) is 10.6. The van der Waals surface area contributed by atoms with Crippen molar-refractivity contribution in [1.29, 1.82) is 0 Å².